The highest BCUT2D eigenvalue weighted by molar-refractivity contribution is 6.42. The summed E-state index contributed by atoms with van der Waals surface area (Å²) in [5.74, 6) is -0.267. The monoisotopic (exact) mass is 388 g/mol. The lowest BCUT2D eigenvalue weighted by Crippen LogP contribution is -2.18. The van der Waals surface area contributed by atoms with Crippen LogP contribution in [0.4, 0.5) is 5.69 Å². The quantitative estimate of drug-likeness (QED) is 0.592. The Morgan fingerprint density at radius 3 is 2.50 bits per heavy atom. The number of benzene rings is 2. The Bertz CT molecular complexity index is 993. The first-order valence-corrected chi connectivity index (χ1v) is 8.99. The Morgan fingerprint density at radius 2 is 1.81 bits per heavy atom. The highest BCUT2D eigenvalue weighted by Crippen LogP contribution is 2.26. The predicted molar refractivity (Wildman–Crippen MR) is 106 cm³/mol. The van der Waals surface area contributed by atoms with Gasteiger partial charge < -0.3 is 9.88 Å². The molecule has 6 heteroatoms. The van der Waals surface area contributed by atoms with E-state index in [0.29, 0.717) is 21.3 Å². The standard InChI is InChI=1S/C20H18Cl2N2O2/c1-12(2)20(26)15-10-24(18-6-4-3-5-14(15)18)11-19(25)23-13-7-8-16(21)17(22)9-13/h3-10,12H,11H2,1-2H3,(H,23,25). The molecule has 2 aromatic carbocycles. The summed E-state index contributed by atoms with van der Waals surface area (Å²) in [6, 6.07) is 12.5. The van der Waals surface area contributed by atoms with Crippen LogP contribution in [-0.4, -0.2) is 16.3 Å². The van der Waals surface area contributed by atoms with Gasteiger partial charge in [-0.05, 0) is 24.3 Å². The Labute approximate surface area is 161 Å². The van der Waals surface area contributed by atoms with Crippen molar-refractivity contribution in [2.24, 2.45) is 5.92 Å². The highest BCUT2D eigenvalue weighted by atomic mass is 35.5. The maximum atomic E-state index is 12.5. The van der Waals surface area contributed by atoms with Gasteiger partial charge in [-0.3, -0.25) is 9.59 Å². The van der Waals surface area contributed by atoms with Gasteiger partial charge in [0, 0.05) is 34.3 Å². The Morgan fingerprint density at radius 1 is 1.08 bits per heavy atom. The summed E-state index contributed by atoms with van der Waals surface area (Å²) < 4.78 is 1.79. The summed E-state index contributed by atoms with van der Waals surface area (Å²) in [6.07, 6.45) is 1.75. The van der Waals surface area contributed by atoms with Crippen LogP contribution in [0.3, 0.4) is 0 Å². The molecular formula is C20H18Cl2N2O2. The molecule has 1 heterocycles. The van der Waals surface area contributed by atoms with Crippen molar-refractivity contribution in [1.82, 2.24) is 4.57 Å². The third-order valence-corrected chi connectivity index (χ3v) is 4.83. The molecule has 3 rings (SSSR count). The van der Waals surface area contributed by atoms with Gasteiger partial charge in [-0.25, -0.2) is 0 Å². The molecule has 3 aromatic rings. The Balaban J connectivity index is 1.87. The van der Waals surface area contributed by atoms with Crippen molar-refractivity contribution in [2.75, 3.05) is 5.32 Å². The van der Waals surface area contributed by atoms with Crippen molar-refractivity contribution in [1.29, 1.82) is 0 Å². The number of para-hydroxylation sites is 1. The third-order valence-electron chi connectivity index (χ3n) is 4.10. The molecule has 26 heavy (non-hydrogen) atoms. The molecule has 1 aromatic heterocycles. The van der Waals surface area contributed by atoms with E-state index in [9.17, 15) is 9.59 Å². The number of nitrogens with zero attached hydrogens (tertiary/aromatic N) is 1. The van der Waals surface area contributed by atoms with Crippen LogP contribution in [0.5, 0.6) is 0 Å². The molecule has 1 N–H and O–H groups in total. The molecule has 0 spiro atoms. The number of carbonyl (C=O) groups excluding carboxylic acids is 2. The molecule has 1 amide bonds. The maximum absolute atomic E-state index is 12.5. The number of carbonyl (C=O) groups is 2. The van der Waals surface area contributed by atoms with Gasteiger partial charge in [0.1, 0.15) is 6.54 Å². The number of Topliss-reactive ketones (excluding diaryl/α,β-unsaturated/α-hetero) is 1. The van der Waals surface area contributed by atoms with E-state index in [2.05, 4.69) is 5.32 Å². The van der Waals surface area contributed by atoms with Crippen molar-refractivity contribution in [3.63, 3.8) is 0 Å². The van der Waals surface area contributed by atoms with Gasteiger partial charge in [0.25, 0.3) is 0 Å². The highest BCUT2D eigenvalue weighted by Gasteiger charge is 2.18. The van der Waals surface area contributed by atoms with Crippen molar-refractivity contribution in [3.05, 3.63) is 64.3 Å². The van der Waals surface area contributed by atoms with E-state index in [1.54, 1.807) is 29.0 Å². The number of hydrogen-bond acceptors (Lipinski definition) is 2. The molecule has 0 aliphatic rings. The van der Waals surface area contributed by atoms with Crippen LogP contribution in [0.1, 0.15) is 24.2 Å². The van der Waals surface area contributed by atoms with Gasteiger partial charge in [0.2, 0.25) is 5.91 Å². The molecule has 134 valence electrons. The first kappa shape index (κ1) is 18.5. The normalized spacial score (nSPS) is 11.1. The van der Waals surface area contributed by atoms with Crippen LogP contribution in [0, 0.1) is 5.92 Å². The fraction of sp³-hybridized carbons (Fsp3) is 0.200. The van der Waals surface area contributed by atoms with Crippen LogP contribution in [0.25, 0.3) is 10.9 Å². The second kappa shape index (κ2) is 7.52. The summed E-state index contributed by atoms with van der Waals surface area (Å²) in [5.41, 5.74) is 2.05. The lowest BCUT2D eigenvalue weighted by molar-refractivity contribution is -0.116. The largest absolute Gasteiger partial charge is 0.337 e. The van der Waals surface area contributed by atoms with E-state index in [1.807, 2.05) is 38.1 Å². The van der Waals surface area contributed by atoms with Gasteiger partial charge >= 0.3 is 0 Å². The molecule has 0 saturated heterocycles. The average Bonchev–Trinajstić information content (AvgIpc) is 2.96. The molecule has 0 unspecified atom stereocenters. The van der Waals surface area contributed by atoms with E-state index < -0.39 is 0 Å². The van der Waals surface area contributed by atoms with Gasteiger partial charge in [-0.15, -0.1) is 0 Å². The summed E-state index contributed by atoms with van der Waals surface area (Å²) in [5, 5.41) is 4.46. The van der Waals surface area contributed by atoms with Gasteiger partial charge in [0.15, 0.2) is 5.78 Å². The van der Waals surface area contributed by atoms with E-state index in [-0.39, 0.29) is 24.2 Å². The number of amides is 1. The predicted octanol–water partition coefficient (Wildman–Crippen LogP) is 5.43. The second-order valence-corrected chi connectivity index (χ2v) is 7.20. The van der Waals surface area contributed by atoms with Crippen molar-refractivity contribution in [3.8, 4) is 0 Å². The number of nitrogens with one attached hydrogen (secondary N) is 1. The zero-order chi connectivity index (χ0) is 18.8. The SMILES string of the molecule is CC(C)C(=O)c1cn(CC(=O)Nc2ccc(Cl)c(Cl)c2)c2ccccc12. The van der Waals surface area contributed by atoms with E-state index in [4.69, 9.17) is 23.2 Å². The fourth-order valence-corrected chi connectivity index (χ4v) is 3.11. The summed E-state index contributed by atoms with van der Waals surface area (Å²) >= 11 is 11.9. The first-order chi connectivity index (χ1) is 12.4. The van der Waals surface area contributed by atoms with E-state index in [0.717, 1.165) is 10.9 Å². The molecular weight excluding hydrogens is 371 g/mol. The first-order valence-electron chi connectivity index (χ1n) is 8.24. The number of ketones is 1. The van der Waals surface area contributed by atoms with Crippen LogP contribution in [0.15, 0.2) is 48.7 Å². The smallest absolute Gasteiger partial charge is 0.244 e. The fourth-order valence-electron chi connectivity index (χ4n) is 2.81. The van der Waals surface area contributed by atoms with Gasteiger partial charge in [0.05, 0.1) is 10.0 Å². The summed E-state index contributed by atoms with van der Waals surface area (Å²) in [4.78, 5) is 24.9. The van der Waals surface area contributed by atoms with Crippen LogP contribution in [-0.2, 0) is 11.3 Å². The molecule has 0 atom stereocenters. The number of anilines is 1. The average molecular weight is 389 g/mol. The van der Waals surface area contributed by atoms with Crippen molar-refractivity contribution < 1.29 is 9.59 Å². The van der Waals surface area contributed by atoms with Gasteiger partial charge in [-0.1, -0.05) is 55.2 Å². The number of hydrogen-bond donors (Lipinski definition) is 1. The minimum Gasteiger partial charge on any atom is -0.337 e. The number of rotatable bonds is 5. The summed E-state index contributed by atoms with van der Waals surface area (Å²) in [7, 11) is 0. The summed E-state index contributed by atoms with van der Waals surface area (Å²) in [6.45, 7) is 3.82. The minimum atomic E-state index is -0.215. The van der Waals surface area contributed by atoms with Crippen LogP contribution >= 0.6 is 23.2 Å². The van der Waals surface area contributed by atoms with Crippen LogP contribution < -0.4 is 5.32 Å². The zero-order valence-electron chi connectivity index (χ0n) is 14.4. The molecule has 0 saturated carbocycles. The Hall–Kier alpha value is -2.30. The molecule has 4 nitrogen and oxygen atoms in total. The minimum absolute atomic E-state index is 0.0600. The molecule has 0 bridgehead atoms. The molecule has 0 aliphatic carbocycles. The van der Waals surface area contributed by atoms with E-state index >= 15 is 0 Å². The van der Waals surface area contributed by atoms with Crippen LogP contribution in [0.2, 0.25) is 10.0 Å². The van der Waals surface area contributed by atoms with Crippen molar-refractivity contribution >= 4 is 51.5 Å². The van der Waals surface area contributed by atoms with Gasteiger partial charge in [-0.2, -0.15) is 0 Å². The number of halogens is 2. The van der Waals surface area contributed by atoms with Crippen molar-refractivity contribution in [2.45, 2.75) is 20.4 Å². The third kappa shape index (κ3) is 3.76. The maximum Gasteiger partial charge on any atom is 0.244 e. The number of fused-ring (bicyclic) bond motifs is 1. The lowest BCUT2D eigenvalue weighted by atomic mass is 10.0. The Kier molecular flexibility index (Phi) is 5.35. The second-order valence-electron chi connectivity index (χ2n) is 6.38. The molecule has 0 radical (unpaired) electrons. The molecule has 0 aliphatic heterocycles. The molecule has 0 fully saturated rings. The topological polar surface area (TPSA) is 51.1 Å². The lowest BCUT2D eigenvalue weighted by Gasteiger charge is -2.08. The number of aromatic nitrogens is 1. The van der Waals surface area contributed by atoms with E-state index in [1.165, 1.54) is 0 Å². The zero-order valence-corrected chi connectivity index (χ0v) is 15.9.